The highest BCUT2D eigenvalue weighted by atomic mass is 32.1. The minimum absolute atomic E-state index is 0.00436. The lowest BCUT2D eigenvalue weighted by atomic mass is 10.1. The highest BCUT2D eigenvalue weighted by Gasteiger charge is 2.16. The third-order valence-corrected chi connectivity index (χ3v) is 5.18. The number of aryl methyl sites for hydroxylation is 1. The molecule has 9 nitrogen and oxygen atoms in total. The van der Waals surface area contributed by atoms with Crippen LogP contribution in [0.3, 0.4) is 0 Å². The zero-order valence-electron chi connectivity index (χ0n) is 19.0. The second kappa shape index (κ2) is 15.0. The summed E-state index contributed by atoms with van der Waals surface area (Å²) in [7, 11) is 0. The summed E-state index contributed by atoms with van der Waals surface area (Å²) >= 11 is 1.44. The number of aliphatic hydroxyl groups is 2. The van der Waals surface area contributed by atoms with Crippen molar-refractivity contribution in [2.75, 3.05) is 57.6 Å². The molecule has 0 aliphatic carbocycles. The van der Waals surface area contributed by atoms with Crippen LogP contribution in [-0.4, -0.2) is 80.1 Å². The number of hydrogen-bond acceptors (Lipinski definition) is 10. The summed E-state index contributed by atoms with van der Waals surface area (Å²) in [5, 5.41) is 28.8. The van der Waals surface area contributed by atoms with E-state index in [9.17, 15) is 0 Å². The number of azo groups is 1. The van der Waals surface area contributed by atoms with E-state index >= 15 is 0 Å². The lowest BCUT2D eigenvalue weighted by molar-refractivity contribution is 0.00485. The molecule has 1 aromatic heterocycles. The highest BCUT2D eigenvalue weighted by Crippen LogP contribution is 2.27. The van der Waals surface area contributed by atoms with E-state index in [1.54, 1.807) is 6.20 Å². The lowest BCUT2D eigenvalue weighted by Crippen LogP contribution is -2.38. The van der Waals surface area contributed by atoms with Gasteiger partial charge >= 0.3 is 0 Å². The topological polar surface area (TPSA) is 109 Å². The van der Waals surface area contributed by atoms with Gasteiger partial charge in [-0.3, -0.25) is 0 Å². The summed E-state index contributed by atoms with van der Waals surface area (Å²) in [6.45, 7) is 8.83. The van der Waals surface area contributed by atoms with E-state index in [4.69, 9.17) is 24.4 Å². The molecular formula is C22H34N4O5S. The van der Waals surface area contributed by atoms with E-state index in [2.05, 4.69) is 26.2 Å². The molecule has 2 unspecified atom stereocenters. The molecule has 0 fully saturated rings. The maximum absolute atomic E-state index is 9.05. The number of nitrogens with zero attached hydrogens (tertiary/aromatic N) is 4. The Labute approximate surface area is 193 Å². The first-order valence-corrected chi connectivity index (χ1v) is 11.6. The Morgan fingerprint density at radius 1 is 1.00 bits per heavy atom. The highest BCUT2D eigenvalue weighted by molar-refractivity contribution is 7.13. The molecule has 2 N–H and O–H groups in total. The largest absolute Gasteiger partial charge is 0.394 e. The normalized spacial score (nSPS) is 13.5. The van der Waals surface area contributed by atoms with Crippen molar-refractivity contribution in [2.45, 2.75) is 33.0 Å². The monoisotopic (exact) mass is 466 g/mol. The predicted octanol–water partition coefficient (Wildman–Crippen LogP) is 3.48. The molecule has 178 valence electrons. The second-order valence-electron chi connectivity index (χ2n) is 7.31. The molecule has 0 spiro atoms. The number of hydrogen-bond donors (Lipinski definition) is 2. The van der Waals surface area contributed by atoms with Crippen molar-refractivity contribution >= 4 is 27.8 Å². The van der Waals surface area contributed by atoms with Crippen molar-refractivity contribution in [1.29, 1.82) is 0 Å². The fourth-order valence-electron chi connectivity index (χ4n) is 3.05. The summed E-state index contributed by atoms with van der Waals surface area (Å²) in [5.41, 5.74) is 2.82. The third kappa shape index (κ3) is 9.68. The molecule has 0 saturated heterocycles. The summed E-state index contributed by atoms with van der Waals surface area (Å²) in [6.07, 6.45) is 1.60. The van der Waals surface area contributed by atoms with E-state index < -0.39 is 0 Å². The van der Waals surface area contributed by atoms with Crippen LogP contribution in [0.2, 0.25) is 0 Å². The van der Waals surface area contributed by atoms with E-state index in [-0.39, 0.29) is 25.4 Å². The first kappa shape index (κ1) is 26.3. The number of ether oxygens (including phenoxy) is 3. The van der Waals surface area contributed by atoms with Crippen LogP contribution >= 0.6 is 11.3 Å². The third-order valence-electron chi connectivity index (χ3n) is 4.52. The number of rotatable bonds is 16. The average molecular weight is 467 g/mol. The Bertz CT molecular complexity index is 791. The van der Waals surface area contributed by atoms with Crippen LogP contribution in [0.15, 0.2) is 40.0 Å². The molecule has 32 heavy (non-hydrogen) atoms. The summed E-state index contributed by atoms with van der Waals surface area (Å²) in [4.78, 5) is 6.32. The Morgan fingerprint density at radius 3 is 2.34 bits per heavy atom. The van der Waals surface area contributed by atoms with Gasteiger partial charge in [-0.1, -0.05) is 0 Å². The Hall–Kier alpha value is -1.95. The van der Waals surface area contributed by atoms with Crippen molar-refractivity contribution in [3.8, 4) is 0 Å². The average Bonchev–Trinajstić information content (AvgIpc) is 3.30. The van der Waals surface area contributed by atoms with Crippen molar-refractivity contribution < 1.29 is 24.4 Å². The summed E-state index contributed by atoms with van der Waals surface area (Å²) in [6, 6.07) is 6.04. The van der Waals surface area contributed by atoms with E-state index in [1.165, 1.54) is 11.3 Å². The standard InChI is InChI=1S/C22H34N4O5S/c1-17-14-20(4-5-21(17)24-25-22-23-6-13-32-22)26(15-18(2)30-10-8-28)16-19(3)31-12-11-29-9-7-27/h4-6,13-14,18-19,27-28H,7-12,15-16H2,1-3H3/b25-24+. The van der Waals surface area contributed by atoms with Crippen molar-refractivity contribution in [3.05, 3.63) is 35.3 Å². The van der Waals surface area contributed by atoms with Gasteiger partial charge in [-0.2, -0.15) is 0 Å². The molecule has 2 aromatic rings. The van der Waals surface area contributed by atoms with Gasteiger partial charge in [-0.05, 0) is 44.5 Å². The SMILES string of the molecule is Cc1cc(N(CC(C)OCCO)CC(C)OCCOCCO)ccc1/N=N/c1nccs1. The van der Waals surface area contributed by atoms with Gasteiger partial charge in [0.25, 0.3) is 0 Å². The first-order chi connectivity index (χ1) is 15.5. The molecule has 0 aliphatic heterocycles. The van der Waals surface area contributed by atoms with Crippen molar-refractivity contribution in [1.82, 2.24) is 4.98 Å². The number of thiazole rings is 1. The van der Waals surface area contributed by atoms with Gasteiger partial charge in [0.05, 0.1) is 57.5 Å². The molecule has 0 aliphatic rings. The minimum atomic E-state index is -0.0631. The molecule has 2 atom stereocenters. The van der Waals surface area contributed by atoms with Crippen molar-refractivity contribution in [3.63, 3.8) is 0 Å². The Balaban J connectivity index is 2.05. The smallest absolute Gasteiger partial charge is 0.229 e. The molecule has 1 heterocycles. The maximum Gasteiger partial charge on any atom is 0.229 e. The molecule has 10 heteroatoms. The van der Waals surface area contributed by atoms with E-state index in [1.807, 2.05) is 38.3 Å². The zero-order chi connectivity index (χ0) is 23.2. The van der Waals surface area contributed by atoms with Gasteiger partial charge in [0.15, 0.2) is 0 Å². The van der Waals surface area contributed by atoms with E-state index in [0.29, 0.717) is 44.6 Å². The van der Waals surface area contributed by atoms with Crippen LogP contribution in [0.4, 0.5) is 16.5 Å². The predicted molar refractivity (Wildman–Crippen MR) is 126 cm³/mol. The molecule has 2 rings (SSSR count). The van der Waals surface area contributed by atoms with Crippen LogP contribution < -0.4 is 4.90 Å². The van der Waals surface area contributed by atoms with Gasteiger partial charge in [-0.15, -0.1) is 21.6 Å². The second-order valence-corrected chi connectivity index (χ2v) is 8.19. The zero-order valence-corrected chi connectivity index (χ0v) is 19.8. The van der Waals surface area contributed by atoms with Crippen LogP contribution in [0.5, 0.6) is 0 Å². The minimum Gasteiger partial charge on any atom is -0.394 e. The Kier molecular flexibility index (Phi) is 12.3. The van der Waals surface area contributed by atoms with Crippen LogP contribution in [0.25, 0.3) is 0 Å². The number of anilines is 1. The Morgan fingerprint density at radius 2 is 1.72 bits per heavy atom. The van der Waals surface area contributed by atoms with Gasteiger partial charge in [-0.25, -0.2) is 4.98 Å². The maximum atomic E-state index is 9.05. The molecule has 0 amide bonds. The molecule has 0 saturated carbocycles. The number of benzene rings is 1. The van der Waals surface area contributed by atoms with Gasteiger partial charge in [0, 0.05) is 30.4 Å². The van der Waals surface area contributed by atoms with Crippen LogP contribution in [0, 0.1) is 6.92 Å². The summed E-state index contributed by atoms with van der Waals surface area (Å²) < 4.78 is 16.8. The molecule has 1 aromatic carbocycles. The first-order valence-electron chi connectivity index (χ1n) is 10.7. The van der Waals surface area contributed by atoms with Gasteiger partial charge in [0.2, 0.25) is 5.13 Å². The van der Waals surface area contributed by atoms with E-state index in [0.717, 1.165) is 16.9 Å². The summed E-state index contributed by atoms with van der Waals surface area (Å²) in [5.74, 6) is 0. The quantitative estimate of drug-likeness (QED) is 0.288. The molecule has 0 bridgehead atoms. The van der Waals surface area contributed by atoms with Crippen LogP contribution in [-0.2, 0) is 14.2 Å². The molecular weight excluding hydrogens is 432 g/mol. The lowest BCUT2D eigenvalue weighted by Gasteiger charge is -2.31. The van der Waals surface area contributed by atoms with Gasteiger partial charge < -0.3 is 29.3 Å². The van der Waals surface area contributed by atoms with Crippen LogP contribution in [0.1, 0.15) is 19.4 Å². The van der Waals surface area contributed by atoms with Crippen molar-refractivity contribution in [2.24, 2.45) is 10.2 Å². The fourth-order valence-corrected chi connectivity index (χ4v) is 3.50. The molecule has 0 radical (unpaired) electrons. The fraction of sp³-hybridized carbons (Fsp3) is 0.591. The number of aliphatic hydroxyl groups excluding tert-OH is 2. The van der Waals surface area contributed by atoms with Gasteiger partial charge in [0.1, 0.15) is 0 Å². The number of aromatic nitrogens is 1.